The van der Waals surface area contributed by atoms with Crippen LogP contribution in [0.25, 0.3) is 0 Å². The minimum atomic E-state index is -8.68. The molecular formula is C32H40F17NO5Si. The predicted molar refractivity (Wildman–Crippen MR) is 166 cm³/mol. The van der Waals surface area contributed by atoms with E-state index in [-0.39, 0.29) is 18.3 Å². The Morgan fingerprint density at radius 2 is 1.16 bits per heavy atom. The Kier molecular flexibility index (Phi) is 16.4. The highest BCUT2D eigenvalue weighted by Crippen LogP contribution is 2.64. The molecule has 0 fully saturated rings. The number of hydrogen-bond donors (Lipinski definition) is 3. The maximum Gasteiger partial charge on any atom is 0.460 e. The highest BCUT2D eigenvalue weighted by Gasteiger charge is 2.95. The number of carbonyl (C=O) groups excluding carboxylic acids is 1. The van der Waals surface area contributed by atoms with Gasteiger partial charge in [-0.2, -0.15) is 74.6 Å². The van der Waals surface area contributed by atoms with Gasteiger partial charge in [0.1, 0.15) is 12.4 Å². The summed E-state index contributed by atoms with van der Waals surface area (Å²) >= 11 is 0. The van der Waals surface area contributed by atoms with Gasteiger partial charge in [0.15, 0.2) is 8.32 Å². The molecule has 0 radical (unpaired) electrons. The second kappa shape index (κ2) is 18.0. The molecule has 1 amide bonds. The van der Waals surface area contributed by atoms with Gasteiger partial charge in [-0.05, 0) is 53.6 Å². The van der Waals surface area contributed by atoms with Crippen LogP contribution in [0, 0.1) is 5.92 Å². The van der Waals surface area contributed by atoms with Crippen LogP contribution in [-0.4, -0.2) is 85.4 Å². The number of carbonyl (C=O) groups is 1. The number of alkyl halides is 17. The molecule has 2 atom stereocenters. The van der Waals surface area contributed by atoms with Crippen molar-refractivity contribution in [3.05, 3.63) is 42.0 Å². The molecule has 0 aromatic heterocycles. The largest absolute Gasteiger partial charge is 0.491 e. The Bertz CT molecular complexity index is 1450. The van der Waals surface area contributed by atoms with Crippen LogP contribution in [0.5, 0.6) is 5.75 Å². The summed E-state index contributed by atoms with van der Waals surface area (Å²) < 4.78 is 245. The number of amides is 1. The Morgan fingerprint density at radius 3 is 1.59 bits per heavy atom. The van der Waals surface area contributed by atoms with E-state index in [9.17, 15) is 84.5 Å². The van der Waals surface area contributed by atoms with Crippen LogP contribution < -0.4 is 10.2 Å². The topological polar surface area (TPSA) is 88.0 Å². The third-order valence-electron chi connectivity index (χ3n) is 9.22. The average molecular weight is 870 g/mol. The first-order chi connectivity index (χ1) is 25.1. The van der Waals surface area contributed by atoms with E-state index in [1.807, 2.05) is 0 Å². The van der Waals surface area contributed by atoms with Gasteiger partial charge in [0.25, 0.3) is 5.91 Å². The van der Waals surface area contributed by atoms with E-state index in [1.165, 1.54) is 63.5 Å². The van der Waals surface area contributed by atoms with Crippen LogP contribution in [0.4, 0.5) is 74.6 Å². The quantitative estimate of drug-likeness (QED) is 0.0270. The van der Waals surface area contributed by atoms with E-state index in [0.717, 1.165) is 6.08 Å². The minimum absolute atomic E-state index is 0.168. The van der Waals surface area contributed by atoms with Crippen molar-refractivity contribution in [1.29, 1.82) is 0 Å². The SMILES string of the molecule is CC(C)[Si](CCC(F)(F)C(F)(F)C(F)(F)C(F)(F)C(F)(F)C(F)(F)C(F)(F)C(F)(F)F)(OCCOc1ccc([C@H](O)[C@@H](C)CC/C=C/C(=O)NO)cc1)C(C)C. The van der Waals surface area contributed by atoms with Crippen molar-refractivity contribution < 1.29 is 98.9 Å². The van der Waals surface area contributed by atoms with E-state index in [1.54, 1.807) is 6.92 Å². The van der Waals surface area contributed by atoms with Crippen molar-refractivity contribution in [2.24, 2.45) is 5.92 Å². The molecule has 3 N–H and O–H groups in total. The van der Waals surface area contributed by atoms with Crippen molar-refractivity contribution in [2.75, 3.05) is 13.2 Å². The highest BCUT2D eigenvalue weighted by atomic mass is 28.4. The van der Waals surface area contributed by atoms with E-state index in [4.69, 9.17) is 14.4 Å². The van der Waals surface area contributed by atoms with Gasteiger partial charge in [-0.15, -0.1) is 0 Å². The molecule has 0 aliphatic rings. The molecule has 0 aliphatic carbocycles. The maximum atomic E-state index is 14.8. The van der Waals surface area contributed by atoms with Crippen molar-refractivity contribution >= 4 is 14.2 Å². The fraction of sp³-hybridized carbons (Fsp3) is 0.719. The van der Waals surface area contributed by atoms with Crippen molar-refractivity contribution in [3.63, 3.8) is 0 Å². The monoisotopic (exact) mass is 869 g/mol. The van der Waals surface area contributed by atoms with E-state index in [2.05, 4.69) is 0 Å². The molecule has 24 heteroatoms. The van der Waals surface area contributed by atoms with Gasteiger partial charge in [-0.25, -0.2) is 5.48 Å². The fourth-order valence-electron chi connectivity index (χ4n) is 5.58. The molecule has 56 heavy (non-hydrogen) atoms. The van der Waals surface area contributed by atoms with Crippen LogP contribution in [-0.2, 0) is 9.22 Å². The molecule has 6 nitrogen and oxygen atoms in total. The first-order valence-corrected chi connectivity index (χ1v) is 18.7. The highest BCUT2D eigenvalue weighted by molar-refractivity contribution is 6.76. The van der Waals surface area contributed by atoms with Crippen LogP contribution >= 0.6 is 0 Å². The number of aliphatic hydroxyl groups excluding tert-OH is 1. The summed E-state index contributed by atoms with van der Waals surface area (Å²) in [5, 5.41) is 19.1. The second-order valence-electron chi connectivity index (χ2n) is 13.6. The number of ether oxygens (including phenoxy) is 1. The molecule has 0 saturated carbocycles. The summed E-state index contributed by atoms with van der Waals surface area (Å²) in [5.41, 5.74) is 0.151. The van der Waals surface area contributed by atoms with Crippen LogP contribution in [0.3, 0.4) is 0 Å². The van der Waals surface area contributed by atoms with Crippen LogP contribution in [0.2, 0.25) is 17.1 Å². The van der Waals surface area contributed by atoms with Gasteiger partial charge >= 0.3 is 47.6 Å². The Morgan fingerprint density at radius 1 is 0.714 bits per heavy atom. The van der Waals surface area contributed by atoms with Gasteiger partial charge in [-0.3, -0.25) is 10.0 Å². The van der Waals surface area contributed by atoms with E-state index < -0.39 is 98.1 Å². The standard InChI is InChI=1S/C32H40F17NO5Si/c1-18(2)56(19(3)4,55-16-15-54-22-12-10-21(11-13-22)24(52)20(5)8-6-7-9-23(51)50-53)17-14-25(33,34)26(35,36)27(37,38)28(39,40)29(41,42)30(43,44)31(45,46)32(47,48)49/h7,9-13,18-20,24,52-53H,6,8,14-17H2,1-5H3,(H,50,51)/b9-7+/t20-,24+/m0/s1. The normalized spacial score (nSPS) is 15.8. The summed E-state index contributed by atoms with van der Waals surface area (Å²) in [6.07, 6.45) is -7.95. The summed E-state index contributed by atoms with van der Waals surface area (Å²) in [7, 11) is -3.94. The maximum absolute atomic E-state index is 14.8. The molecule has 0 aliphatic heterocycles. The number of nitrogens with one attached hydrogen (secondary N) is 1. The van der Waals surface area contributed by atoms with Crippen molar-refractivity contribution in [2.45, 2.75) is 125 Å². The predicted octanol–water partition coefficient (Wildman–Crippen LogP) is 10.8. The lowest BCUT2D eigenvalue weighted by Gasteiger charge is -2.44. The van der Waals surface area contributed by atoms with E-state index in [0.29, 0.717) is 18.4 Å². The molecule has 1 aromatic carbocycles. The molecule has 1 aromatic rings. The number of allylic oxidation sites excluding steroid dienone is 1. The van der Waals surface area contributed by atoms with Gasteiger partial charge in [0.2, 0.25) is 0 Å². The number of hydrogen-bond acceptors (Lipinski definition) is 5. The second-order valence-corrected chi connectivity index (χ2v) is 18.6. The average Bonchev–Trinajstić information content (AvgIpc) is 3.08. The number of halogens is 17. The number of rotatable bonds is 22. The first-order valence-electron chi connectivity index (χ1n) is 16.4. The van der Waals surface area contributed by atoms with Crippen molar-refractivity contribution in [1.82, 2.24) is 5.48 Å². The summed E-state index contributed by atoms with van der Waals surface area (Å²) in [5.74, 6) is -57.6. The Labute approximate surface area is 310 Å². The lowest BCUT2D eigenvalue weighted by Crippen LogP contribution is -2.74. The minimum Gasteiger partial charge on any atom is -0.491 e. The lowest BCUT2D eigenvalue weighted by atomic mass is 9.88. The summed E-state index contributed by atoms with van der Waals surface area (Å²) in [6.45, 7) is 6.15. The van der Waals surface area contributed by atoms with Crippen molar-refractivity contribution in [3.8, 4) is 5.75 Å². The molecular weight excluding hydrogens is 829 g/mol. The smallest absolute Gasteiger partial charge is 0.460 e. The summed E-state index contributed by atoms with van der Waals surface area (Å²) in [4.78, 5) is 11.0. The van der Waals surface area contributed by atoms with Crippen LogP contribution in [0.15, 0.2) is 36.4 Å². The summed E-state index contributed by atoms with van der Waals surface area (Å²) in [6, 6.07) is 4.48. The fourth-order valence-corrected chi connectivity index (χ4v) is 10.0. The molecule has 1 rings (SSSR count). The number of aliphatic hydroxyl groups is 1. The number of hydroxylamine groups is 1. The van der Waals surface area contributed by atoms with Gasteiger partial charge in [0, 0.05) is 12.5 Å². The van der Waals surface area contributed by atoms with E-state index >= 15 is 0 Å². The molecule has 0 unspecified atom stereocenters. The zero-order chi connectivity index (χ0) is 44.1. The first kappa shape index (κ1) is 51.2. The van der Waals surface area contributed by atoms with Crippen LogP contribution in [0.1, 0.15) is 65.5 Å². The zero-order valence-electron chi connectivity index (χ0n) is 30.1. The number of benzene rings is 1. The lowest BCUT2D eigenvalue weighted by molar-refractivity contribution is -0.461. The molecule has 0 heterocycles. The third-order valence-corrected chi connectivity index (χ3v) is 14.9. The molecule has 0 spiro atoms. The molecule has 0 bridgehead atoms. The zero-order valence-corrected chi connectivity index (χ0v) is 31.1. The Hall–Kier alpha value is -2.86. The van der Waals surface area contributed by atoms with Gasteiger partial charge in [0.05, 0.1) is 12.7 Å². The molecule has 0 saturated heterocycles. The molecule has 326 valence electrons. The van der Waals surface area contributed by atoms with Gasteiger partial charge in [-0.1, -0.05) is 52.8 Å². The third kappa shape index (κ3) is 9.87. The van der Waals surface area contributed by atoms with Gasteiger partial charge < -0.3 is 14.3 Å². The Balaban J connectivity index is 3.16.